The minimum absolute atomic E-state index is 0.116. The first-order chi connectivity index (χ1) is 13.9. The number of anilines is 1. The van der Waals surface area contributed by atoms with E-state index in [9.17, 15) is 24.5 Å². The second-order valence-corrected chi connectivity index (χ2v) is 5.86. The van der Waals surface area contributed by atoms with Crippen LogP contribution in [0.5, 0.6) is 5.75 Å². The molecule has 0 spiro atoms. The van der Waals surface area contributed by atoms with Crippen molar-refractivity contribution in [2.75, 3.05) is 12.0 Å². The highest BCUT2D eigenvalue weighted by molar-refractivity contribution is 6.37. The minimum atomic E-state index is -0.881. The molecule has 0 aliphatic carbocycles. The Hall–Kier alpha value is -4.27. The van der Waals surface area contributed by atoms with E-state index in [-0.39, 0.29) is 16.9 Å². The zero-order valence-electron chi connectivity index (χ0n) is 15.2. The smallest absolute Gasteiger partial charge is 0.335 e. The second-order valence-electron chi connectivity index (χ2n) is 5.86. The SMILES string of the molecule is COc1cccc(N2C(=O)NC(=O)/C(=C\C=C\c3ccccc3[N+](=O)[O-])C2=O)c1. The predicted molar refractivity (Wildman–Crippen MR) is 104 cm³/mol. The van der Waals surface area contributed by atoms with Crippen LogP contribution in [0.3, 0.4) is 0 Å². The van der Waals surface area contributed by atoms with Crippen molar-refractivity contribution in [1.29, 1.82) is 0 Å². The van der Waals surface area contributed by atoms with Crippen molar-refractivity contribution < 1.29 is 24.0 Å². The van der Waals surface area contributed by atoms with Crippen molar-refractivity contribution >= 4 is 35.3 Å². The number of barbiturate groups is 1. The van der Waals surface area contributed by atoms with E-state index in [4.69, 9.17) is 4.74 Å². The maximum Gasteiger partial charge on any atom is 0.335 e. The number of imide groups is 2. The number of amides is 4. The quantitative estimate of drug-likeness (QED) is 0.361. The van der Waals surface area contributed by atoms with Crippen LogP contribution in [0.2, 0.25) is 0 Å². The molecule has 1 fully saturated rings. The second kappa shape index (κ2) is 8.17. The van der Waals surface area contributed by atoms with Gasteiger partial charge >= 0.3 is 6.03 Å². The first kappa shape index (κ1) is 19.5. The zero-order chi connectivity index (χ0) is 21.0. The summed E-state index contributed by atoms with van der Waals surface area (Å²) in [5.41, 5.74) is 0.128. The number of allylic oxidation sites excluding steroid dienone is 2. The summed E-state index contributed by atoms with van der Waals surface area (Å²) in [6.07, 6.45) is 3.95. The summed E-state index contributed by atoms with van der Waals surface area (Å²) in [7, 11) is 1.44. The van der Waals surface area contributed by atoms with E-state index in [1.165, 1.54) is 55.7 Å². The number of hydrogen-bond donors (Lipinski definition) is 1. The molecular weight excluding hydrogens is 378 g/mol. The van der Waals surface area contributed by atoms with Crippen molar-refractivity contribution in [2.45, 2.75) is 0 Å². The van der Waals surface area contributed by atoms with Gasteiger partial charge in [0.05, 0.1) is 23.3 Å². The molecule has 29 heavy (non-hydrogen) atoms. The van der Waals surface area contributed by atoms with Crippen LogP contribution in [0, 0.1) is 10.1 Å². The minimum Gasteiger partial charge on any atom is -0.497 e. The average molecular weight is 393 g/mol. The molecule has 2 aromatic carbocycles. The topological polar surface area (TPSA) is 119 Å². The van der Waals surface area contributed by atoms with Gasteiger partial charge in [-0.1, -0.05) is 24.3 Å². The van der Waals surface area contributed by atoms with Gasteiger partial charge in [0.1, 0.15) is 11.3 Å². The number of nitro benzene ring substituents is 1. The van der Waals surface area contributed by atoms with Gasteiger partial charge in [-0.05, 0) is 30.4 Å². The summed E-state index contributed by atoms with van der Waals surface area (Å²) in [5, 5.41) is 13.2. The Morgan fingerprint density at radius 3 is 2.59 bits per heavy atom. The van der Waals surface area contributed by atoms with Gasteiger partial charge in [0.2, 0.25) is 0 Å². The van der Waals surface area contributed by atoms with Gasteiger partial charge in [0, 0.05) is 12.1 Å². The van der Waals surface area contributed by atoms with Crippen LogP contribution in [-0.2, 0) is 9.59 Å². The number of hydrogen-bond acceptors (Lipinski definition) is 6. The lowest BCUT2D eigenvalue weighted by Crippen LogP contribution is -2.54. The molecule has 1 aliphatic rings. The van der Waals surface area contributed by atoms with Crippen LogP contribution in [0.1, 0.15) is 5.56 Å². The van der Waals surface area contributed by atoms with Crippen LogP contribution in [0.15, 0.2) is 66.3 Å². The number of nitrogens with zero attached hydrogens (tertiary/aromatic N) is 2. The highest BCUT2D eigenvalue weighted by Crippen LogP contribution is 2.25. The molecule has 146 valence electrons. The fraction of sp³-hybridized carbons (Fsp3) is 0.0500. The van der Waals surface area contributed by atoms with E-state index >= 15 is 0 Å². The summed E-state index contributed by atoms with van der Waals surface area (Å²) in [4.78, 5) is 48.4. The lowest BCUT2D eigenvalue weighted by Gasteiger charge is -2.26. The monoisotopic (exact) mass is 393 g/mol. The van der Waals surface area contributed by atoms with E-state index in [1.807, 2.05) is 0 Å². The standard InChI is InChI=1S/C20H15N3O6/c1-29-15-9-5-8-14(12-15)22-19(25)16(18(24)21-20(22)26)10-4-7-13-6-2-3-11-17(13)23(27)28/h2-12H,1H3,(H,21,24,26)/b7-4+,16-10+. The van der Waals surface area contributed by atoms with E-state index in [2.05, 4.69) is 5.32 Å². The maximum atomic E-state index is 12.8. The van der Waals surface area contributed by atoms with Crippen LogP contribution >= 0.6 is 0 Å². The van der Waals surface area contributed by atoms with Crippen molar-refractivity contribution in [3.8, 4) is 5.75 Å². The van der Waals surface area contributed by atoms with Crippen molar-refractivity contribution in [1.82, 2.24) is 5.32 Å². The number of nitro groups is 1. The Morgan fingerprint density at radius 1 is 1.10 bits per heavy atom. The van der Waals surface area contributed by atoms with Gasteiger partial charge in [-0.15, -0.1) is 0 Å². The van der Waals surface area contributed by atoms with Crippen LogP contribution in [0.25, 0.3) is 6.08 Å². The molecule has 1 aliphatic heterocycles. The van der Waals surface area contributed by atoms with Gasteiger partial charge in [-0.25, -0.2) is 9.69 Å². The number of carbonyl (C=O) groups is 3. The lowest BCUT2D eigenvalue weighted by atomic mass is 10.1. The molecule has 9 heteroatoms. The van der Waals surface area contributed by atoms with E-state index in [0.29, 0.717) is 11.3 Å². The number of carbonyl (C=O) groups excluding carboxylic acids is 3. The Kier molecular flexibility index (Phi) is 5.49. The average Bonchev–Trinajstić information content (AvgIpc) is 2.70. The van der Waals surface area contributed by atoms with E-state index in [1.54, 1.807) is 18.2 Å². The van der Waals surface area contributed by atoms with Crippen LogP contribution < -0.4 is 15.0 Å². The summed E-state index contributed by atoms with van der Waals surface area (Å²) in [5.74, 6) is -1.24. The Morgan fingerprint density at radius 2 is 1.86 bits per heavy atom. The molecule has 4 amide bonds. The maximum absolute atomic E-state index is 12.8. The number of benzene rings is 2. The Bertz CT molecular complexity index is 1070. The molecule has 9 nitrogen and oxygen atoms in total. The van der Waals surface area contributed by atoms with Crippen molar-refractivity contribution in [2.24, 2.45) is 0 Å². The fourth-order valence-electron chi connectivity index (χ4n) is 2.70. The van der Waals surface area contributed by atoms with E-state index < -0.39 is 22.8 Å². The summed E-state index contributed by atoms with van der Waals surface area (Å²) in [6, 6.07) is 11.4. The molecule has 1 N–H and O–H groups in total. The summed E-state index contributed by atoms with van der Waals surface area (Å²) < 4.78 is 5.09. The number of rotatable bonds is 5. The molecule has 3 rings (SSSR count). The van der Waals surface area contributed by atoms with E-state index in [0.717, 1.165) is 4.90 Å². The first-order valence-electron chi connectivity index (χ1n) is 8.38. The molecule has 0 saturated carbocycles. The number of nitrogens with one attached hydrogen (secondary N) is 1. The zero-order valence-corrected chi connectivity index (χ0v) is 15.2. The molecule has 1 saturated heterocycles. The van der Waals surface area contributed by atoms with Crippen molar-refractivity contribution in [3.05, 3.63) is 81.9 Å². The number of methoxy groups -OCH3 is 1. The van der Waals surface area contributed by atoms with Gasteiger partial charge < -0.3 is 4.74 Å². The highest BCUT2D eigenvalue weighted by atomic mass is 16.6. The number of urea groups is 1. The van der Waals surface area contributed by atoms with Gasteiger partial charge in [-0.2, -0.15) is 0 Å². The van der Waals surface area contributed by atoms with Gasteiger partial charge in [0.15, 0.2) is 0 Å². The lowest BCUT2D eigenvalue weighted by molar-refractivity contribution is -0.385. The first-order valence-corrected chi connectivity index (χ1v) is 8.38. The number of para-hydroxylation sites is 1. The molecule has 0 unspecified atom stereocenters. The fourth-order valence-corrected chi connectivity index (χ4v) is 2.70. The van der Waals surface area contributed by atoms with Crippen molar-refractivity contribution in [3.63, 3.8) is 0 Å². The predicted octanol–water partition coefficient (Wildman–Crippen LogP) is 2.83. The Balaban J connectivity index is 1.92. The Labute approximate surface area is 165 Å². The molecule has 0 aromatic heterocycles. The third-order valence-corrected chi connectivity index (χ3v) is 4.09. The third-order valence-electron chi connectivity index (χ3n) is 4.09. The van der Waals surface area contributed by atoms with Gasteiger partial charge in [-0.3, -0.25) is 25.0 Å². The normalized spacial score (nSPS) is 15.7. The van der Waals surface area contributed by atoms with Gasteiger partial charge in [0.25, 0.3) is 17.5 Å². The number of ether oxygens (including phenoxy) is 1. The largest absolute Gasteiger partial charge is 0.497 e. The molecule has 0 bridgehead atoms. The summed E-state index contributed by atoms with van der Waals surface area (Å²) >= 11 is 0. The molecule has 1 heterocycles. The molecule has 0 radical (unpaired) electrons. The van der Waals surface area contributed by atoms with Crippen LogP contribution in [0.4, 0.5) is 16.2 Å². The third kappa shape index (κ3) is 4.03. The van der Waals surface area contributed by atoms with Crippen LogP contribution in [-0.4, -0.2) is 29.9 Å². The summed E-state index contributed by atoms with van der Waals surface area (Å²) in [6.45, 7) is 0. The highest BCUT2D eigenvalue weighted by Gasteiger charge is 2.36. The molecule has 2 aromatic rings. The molecule has 0 atom stereocenters. The molecular formula is C20H15N3O6.